The summed E-state index contributed by atoms with van der Waals surface area (Å²) in [5.74, 6) is -0.110. The number of thioether (sulfide) groups is 1. The van der Waals surface area contributed by atoms with E-state index in [1.165, 1.54) is 13.0 Å². The lowest BCUT2D eigenvalue weighted by Crippen LogP contribution is -2.17. The molecule has 0 aliphatic carbocycles. The summed E-state index contributed by atoms with van der Waals surface area (Å²) in [6, 6.07) is 9.09. The van der Waals surface area contributed by atoms with E-state index in [1.54, 1.807) is 30.6 Å². The second kappa shape index (κ2) is 6.73. The van der Waals surface area contributed by atoms with E-state index in [-0.39, 0.29) is 10.8 Å². The number of nitrogens with zero attached hydrogens (tertiary/aromatic N) is 1. The monoisotopic (exact) mass is 379 g/mol. The van der Waals surface area contributed by atoms with Gasteiger partial charge in [0.1, 0.15) is 11.3 Å². The van der Waals surface area contributed by atoms with Crippen molar-refractivity contribution < 1.29 is 18.8 Å². The molecule has 27 heavy (non-hydrogen) atoms. The molecular weight excluding hydrogens is 366 g/mol. The highest BCUT2D eigenvalue weighted by atomic mass is 32.2. The molecule has 0 unspecified atom stereocenters. The number of fused-ring (bicyclic) bond motifs is 1. The lowest BCUT2D eigenvalue weighted by Gasteiger charge is -2.05. The fraction of sp³-hybridized carbons (Fsp3) is 0.0526. The first kappa shape index (κ1) is 17.0. The molecule has 2 N–H and O–H groups in total. The van der Waals surface area contributed by atoms with Crippen molar-refractivity contribution in [2.24, 2.45) is 0 Å². The predicted octanol–water partition coefficient (Wildman–Crippen LogP) is 3.78. The van der Waals surface area contributed by atoms with Gasteiger partial charge >= 0.3 is 0 Å². The first-order valence-corrected chi connectivity index (χ1v) is 8.82. The summed E-state index contributed by atoms with van der Waals surface area (Å²) in [6.45, 7) is 1.45. The van der Waals surface area contributed by atoms with Crippen molar-refractivity contribution in [3.8, 4) is 11.1 Å². The maximum absolute atomic E-state index is 11.7. The van der Waals surface area contributed by atoms with E-state index in [0.29, 0.717) is 17.0 Å². The minimum absolute atomic E-state index is 0.137. The van der Waals surface area contributed by atoms with Gasteiger partial charge in [-0.05, 0) is 35.5 Å². The summed E-state index contributed by atoms with van der Waals surface area (Å²) in [6.07, 6.45) is 4.90. The number of hydrogen-bond donors (Lipinski definition) is 2. The van der Waals surface area contributed by atoms with Gasteiger partial charge in [0.15, 0.2) is 0 Å². The quantitative estimate of drug-likeness (QED) is 0.672. The van der Waals surface area contributed by atoms with Crippen molar-refractivity contribution in [3.05, 3.63) is 53.4 Å². The number of amides is 3. The van der Waals surface area contributed by atoms with Crippen LogP contribution in [0.15, 0.2) is 52.0 Å². The number of aromatic nitrogens is 1. The molecule has 1 aliphatic heterocycles. The Hall–Kier alpha value is -3.39. The van der Waals surface area contributed by atoms with E-state index >= 15 is 0 Å². The third-order valence-electron chi connectivity index (χ3n) is 3.87. The summed E-state index contributed by atoms with van der Waals surface area (Å²) >= 11 is 0.837. The molecule has 1 aliphatic rings. The number of anilines is 1. The number of nitrogens with one attached hydrogen (secondary N) is 2. The van der Waals surface area contributed by atoms with Gasteiger partial charge in [0.2, 0.25) is 5.91 Å². The van der Waals surface area contributed by atoms with E-state index in [9.17, 15) is 14.4 Å². The molecule has 0 saturated carbocycles. The highest BCUT2D eigenvalue weighted by Gasteiger charge is 2.25. The Bertz CT molecular complexity index is 1120. The van der Waals surface area contributed by atoms with Crippen molar-refractivity contribution in [3.63, 3.8) is 0 Å². The topological polar surface area (TPSA) is 101 Å². The maximum atomic E-state index is 11.7. The van der Waals surface area contributed by atoms with Crippen molar-refractivity contribution in [2.75, 3.05) is 5.32 Å². The average Bonchev–Trinajstić information content (AvgIpc) is 3.17. The van der Waals surface area contributed by atoms with Crippen LogP contribution in [-0.2, 0) is 9.59 Å². The Labute approximate surface area is 157 Å². The van der Waals surface area contributed by atoms with Crippen LogP contribution in [0.4, 0.5) is 10.5 Å². The molecule has 1 fully saturated rings. The zero-order chi connectivity index (χ0) is 19.0. The van der Waals surface area contributed by atoms with Crippen molar-refractivity contribution in [1.29, 1.82) is 0 Å². The van der Waals surface area contributed by atoms with Gasteiger partial charge in [0.25, 0.3) is 11.1 Å². The molecule has 3 heterocycles. The molecule has 3 amide bonds. The smallest absolute Gasteiger partial charge is 0.290 e. The van der Waals surface area contributed by atoms with Crippen LogP contribution in [0.5, 0.6) is 0 Å². The largest absolute Gasteiger partial charge is 0.456 e. The van der Waals surface area contributed by atoms with Gasteiger partial charge in [-0.3, -0.25) is 24.7 Å². The third kappa shape index (κ3) is 3.47. The molecule has 7 nitrogen and oxygen atoms in total. The number of pyridine rings is 1. The number of carbonyl (C=O) groups is 3. The number of hydrogen-bond acceptors (Lipinski definition) is 6. The Morgan fingerprint density at radius 2 is 2.00 bits per heavy atom. The molecule has 4 rings (SSSR count). The van der Waals surface area contributed by atoms with Gasteiger partial charge < -0.3 is 9.73 Å². The third-order valence-corrected chi connectivity index (χ3v) is 4.68. The molecule has 0 spiro atoms. The van der Waals surface area contributed by atoms with Crippen molar-refractivity contribution in [1.82, 2.24) is 10.3 Å². The molecule has 8 heteroatoms. The van der Waals surface area contributed by atoms with Crippen LogP contribution < -0.4 is 10.6 Å². The van der Waals surface area contributed by atoms with Gasteiger partial charge in [0.05, 0.1) is 4.91 Å². The number of imide groups is 1. The molecular formula is C19H13N3O4S. The molecule has 0 atom stereocenters. The van der Waals surface area contributed by atoms with E-state index in [4.69, 9.17) is 4.42 Å². The van der Waals surface area contributed by atoms with Crippen LogP contribution in [0.2, 0.25) is 0 Å². The van der Waals surface area contributed by atoms with Crippen LogP contribution in [-0.4, -0.2) is 22.0 Å². The zero-order valence-electron chi connectivity index (χ0n) is 14.1. The lowest BCUT2D eigenvalue weighted by atomic mass is 10.1. The number of furan rings is 1. The van der Waals surface area contributed by atoms with Crippen molar-refractivity contribution >= 4 is 51.5 Å². The molecule has 0 radical (unpaired) electrons. The summed E-state index contributed by atoms with van der Waals surface area (Å²) in [5, 5.41) is 5.31. The molecule has 1 aromatic carbocycles. The van der Waals surface area contributed by atoms with E-state index in [0.717, 1.165) is 28.3 Å². The number of rotatable bonds is 3. The van der Waals surface area contributed by atoms with Gasteiger partial charge in [0, 0.05) is 42.0 Å². The van der Waals surface area contributed by atoms with Crippen LogP contribution in [0.25, 0.3) is 28.2 Å². The SMILES string of the molecule is CC(=O)Nc1ccc(-c2cncc3cc(/C=C4/SC(=O)NC4=O)oc23)cc1. The van der Waals surface area contributed by atoms with E-state index < -0.39 is 11.1 Å². The lowest BCUT2D eigenvalue weighted by molar-refractivity contribution is -0.115. The van der Waals surface area contributed by atoms with E-state index in [2.05, 4.69) is 15.6 Å². The first-order valence-electron chi connectivity index (χ1n) is 8.00. The average molecular weight is 379 g/mol. The van der Waals surface area contributed by atoms with Crippen LogP contribution in [0, 0.1) is 0 Å². The first-order chi connectivity index (χ1) is 13.0. The fourth-order valence-corrected chi connectivity index (χ4v) is 3.41. The zero-order valence-corrected chi connectivity index (χ0v) is 14.9. The van der Waals surface area contributed by atoms with Gasteiger partial charge in [-0.2, -0.15) is 0 Å². The highest BCUT2D eigenvalue weighted by molar-refractivity contribution is 8.18. The Morgan fingerprint density at radius 1 is 1.22 bits per heavy atom. The van der Waals surface area contributed by atoms with Crippen LogP contribution >= 0.6 is 11.8 Å². The van der Waals surface area contributed by atoms with Gasteiger partial charge in [-0.15, -0.1) is 0 Å². The summed E-state index contributed by atoms with van der Waals surface area (Å²) in [4.78, 5) is 38.6. The highest BCUT2D eigenvalue weighted by Crippen LogP contribution is 2.33. The normalized spacial score (nSPS) is 15.4. The molecule has 0 bridgehead atoms. The summed E-state index contributed by atoms with van der Waals surface area (Å²) in [5.41, 5.74) is 2.98. The molecule has 1 saturated heterocycles. The summed E-state index contributed by atoms with van der Waals surface area (Å²) in [7, 11) is 0. The second-order valence-electron chi connectivity index (χ2n) is 5.86. The van der Waals surface area contributed by atoms with Crippen LogP contribution in [0.1, 0.15) is 12.7 Å². The Kier molecular flexibility index (Phi) is 4.25. The van der Waals surface area contributed by atoms with Gasteiger partial charge in [-0.25, -0.2) is 0 Å². The molecule has 3 aromatic rings. The number of benzene rings is 1. The molecule has 2 aromatic heterocycles. The van der Waals surface area contributed by atoms with Gasteiger partial charge in [-0.1, -0.05) is 12.1 Å². The number of carbonyl (C=O) groups excluding carboxylic acids is 3. The second-order valence-corrected chi connectivity index (χ2v) is 6.88. The summed E-state index contributed by atoms with van der Waals surface area (Å²) < 4.78 is 5.90. The Morgan fingerprint density at radius 3 is 2.67 bits per heavy atom. The fourth-order valence-electron chi connectivity index (χ4n) is 2.75. The minimum Gasteiger partial charge on any atom is -0.456 e. The van der Waals surface area contributed by atoms with Crippen LogP contribution in [0.3, 0.4) is 0 Å². The van der Waals surface area contributed by atoms with Crippen molar-refractivity contribution in [2.45, 2.75) is 6.92 Å². The maximum Gasteiger partial charge on any atom is 0.290 e. The predicted molar refractivity (Wildman–Crippen MR) is 103 cm³/mol. The minimum atomic E-state index is -0.433. The standard InChI is InChI=1S/C19H13N3O4S/c1-10(23)21-13-4-2-11(3-5-13)15-9-20-8-12-6-14(26-17(12)15)7-16-18(24)22-19(25)27-16/h2-9H,1H3,(H,21,23)(H,22,24,25)/b16-7+. The Balaban J connectivity index is 1.71. The van der Waals surface area contributed by atoms with E-state index in [1.807, 2.05) is 12.1 Å². The molecule has 134 valence electrons.